The second-order valence-electron chi connectivity index (χ2n) is 7.83. The minimum atomic E-state index is -1.63. The second-order valence-corrected chi connectivity index (χ2v) is 7.83. The van der Waals surface area contributed by atoms with E-state index in [-0.39, 0.29) is 12.8 Å². The topological polar surface area (TPSA) is 126 Å². The van der Waals surface area contributed by atoms with E-state index in [1.807, 2.05) is 0 Å². The van der Waals surface area contributed by atoms with Crippen molar-refractivity contribution in [3.63, 3.8) is 0 Å². The summed E-state index contributed by atoms with van der Waals surface area (Å²) in [5, 5.41) is 17.7. The molecule has 166 valence electrons. The van der Waals surface area contributed by atoms with Crippen molar-refractivity contribution in [2.24, 2.45) is 10.6 Å². The molecule has 4 rings (SSSR count). The van der Waals surface area contributed by atoms with Gasteiger partial charge < -0.3 is 14.7 Å². The van der Waals surface area contributed by atoms with Gasteiger partial charge in [0.1, 0.15) is 16.9 Å². The van der Waals surface area contributed by atoms with Gasteiger partial charge in [0.15, 0.2) is 0 Å². The molecular formula is C23H23N3O6. The highest BCUT2D eigenvalue weighted by Crippen LogP contribution is 2.55. The van der Waals surface area contributed by atoms with Crippen molar-refractivity contribution < 1.29 is 29.1 Å². The Morgan fingerprint density at radius 2 is 1.22 bits per heavy atom. The molecule has 1 saturated heterocycles. The van der Waals surface area contributed by atoms with Gasteiger partial charge in [-0.2, -0.15) is 0 Å². The maximum absolute atomic E-state index is 13.5. The average molecular weight is 437 g/mol. The van der Waals surface area contributed by atoms with E-state index in [0.29, 0.717) is 28.3 Å². The van der Waals surface area contributed by atoms with Crippen LogP contribution < -0.4 is 20.1 Å². The fourth-order valence-electron chi connectivity index (χ4n) is 4.82. The summed E-state index contributed by atoms with van der Waals surface area (Å²) in [4.78, 5) is 38.8. The van der Waals surface area contributed by atoms with Crippen molar-refractivity contribution in [1.29, 1.82) is 0 Å². The molecule has 0 aromatic heterocycles. The number of hydrogen-bond donors (Lipinski definition) is 3. The molecule has 1 spiro atoms. The van der Waals surface area contributed by atoms with Crippen LogP contribution in [0.5, 0.6) is 11.5 Å². The van der Waals surface area contributed by atoms with E-state index in [1.54, 1.807) is 62.8 Å². The van der Waals surface area contributed by atoms with Crippen molar-refractivity contribution in [3.8, 4) is 11.5 Å². The Labute approximate surface area is 184 Å². The molecule has 4 amide bonds. The van der Waals surface area contributed by atoms with Gasteiger partial charge in [-0.3, -0.25) is 20.2 Å². The van der Waals surface area contributed by atoms with Crippen LogP contribution in [0.4, 0.5) is 4.79 Å². The molecule has 2 aromatic carbocycles. The highest BCUT2D eigenvalue weighted by atomic mass is 16.5. The number of nitrogens with one attached hydrogen (secondary N) is 2. The summed E-state index contributed by atoms with van der Waals surface area (Å²) < 4.78 is 10.5. The number of carbonyl (C=O) groups is 3. The fourth-order valence-corrected chi connectivity index (χ4v) is 4.82. The Morgan fingerprint density at radius 3 is 1.56 bits per heavy atom. The molecule has 2 aromatic rings. The quantitative estimate of drug-likeness (QED) is 0.383. The zero-order valence-corrected chi connectivity index (χ0v) is 17.6. The van der Waals surface area contributed by atoms with E-state index < -0.39 is 35.1 Å². The Bertz CT molecular complexity index is 996. The highest BCUT2D eigenvalue weighted by molar-refractivity contribution is 6.21. The maximum atomic E-state index is 13.5. The van der Waals surface area contributed by atoms with Crippen LogP contribution in [0.15, 0.2) is 53.7 Å². The summed E-state index contributed by atoms with van der Waals surface area (Å²) in [5.41, 5.74) is 0.190. The fraction of sp³-hybridized carbons (Fsp3) is 0.304. The third kappa shape index (κ3) is 3.35. The molecule has 0 bridgehead atoms. The number of amides is 4. The maximum Gasteiger partial charge on any atom is 0.328 e. The Kier molecular flexibility index (Phi) is 5.56. The van der Waals surface area contributed by atoms with Crippen molar-refractivity contribution in [2.45, 2.75) is 24.7 Å². The first-order valence-corrected chi connectivity index (χ1v) is 10.1. The molecule has 2 aliphatic rings. The number of urea groups is 1. The Hall–Kier alpha value is -3.88. The van der Waals surface area contributed by atoms with Gasteiger partial charge in [0.25, 0.3) is 0 Å². The molecule has 2 atom stereocenters. The SMILES string of the molecule is COc1ccc([C@H]2CC(=NO)C[C@@H](c3ccc(OC)cc3)C23C(=O)NC(=O)NC3=O)cc1. The molecule has 2 fully saturated rings. The third-order valence-electron chi connectivity index (χ3n) is 6.36. The van der Waals surface area contributed by atoms with Gasteiger partial charge in [-0.1, -0.05) is 29.4 Å². The number of carbonyl (C=O) groups excluding carboxylic acids is 3. The first-order valence-electron chi connectivity index (χ1n) is 10.1. The average Bonchev–Trinajstić information content (AvgIpc) is 2.82. The number of hydrogen-bond acceptors (Lipinski definition) is 7. The normalized spacial score (nSPS) is 23.6. The van der Waals surface area contributed by atoms with Crippen LogP contribution in [0.3, 0.4) is 0 Å². The Balaban J connectivity index is 1.92. The standard InChI is InChI=1S/C23H23N3O6/c1-31-16-7-3-13(4-8-16)18-11-15(26-30)12-19(14-5-9-17(32-2)10-6-14)23(18)20(27)24-22(29)25-21(23)28/h3-10,18-19,30H,11-12H2,1-2H3,(H2,24,25,27,28,29)/t18-,19+. The van der Waals surface area contributed by atoms with E-state index in [9.17, 15) is 19.6 Å². The summed E-state index contributed by atoms with van der Waals surface area (Å²) in [6.07, 6.45) is 0.342. The summed E-state index contributed by atoms with van der Waals surface area (Å²) in [6.45, 7) is 0. The minimum Gasteiger partial charge on any atom is -0.497 e. The van der Waals surface area contributed by atoms with Crippen LogP contribution in [0.25, 0.3) is 0 Å². The van der Waals surface area contributed by atoms with E-state index in [4.69, 9.17) is 9.47 Å². The molecule has 1 aliphatic heterocycles. The summed E-state index contributed by atoms with van der Waals surface area (Å²) in [6, 6.07) is 13.2. The van der Waals surface area contributed by atoms with Gasteiger partial charge in [-0.05, 0) is 48.2 Å². The molecule has 9 heteroatoms. The molecule has 1 heterocycles. The van der Waals surface area contributed by atoms with Crippen LogP contribution in [0.1, 0.15) is 35.8 Å². The van der Waals surface area contributed by atoms with E-state index >= 15 is 0 Å². The largest absolute Gasteiger partial charge is 0.497 e. The minimum absolute atomic E-state index is 0.171. The number of oxime groups is 1. The van der Waals surface area contributed by atoms with Gasteiger partial charge in [-0.25, -0.2) is 4.79 Å². The van der Waals surface area contributed by atoms with Crippen molar-refractivity contribution in [3.05, 3.63) is 59.7 Å². The number of ether oxygens (including phenoxy) is 2. The molecule has 1 aliphatic carbocycles. The van der Waals surface area contributed by atoms with Crippen LogP contribution >= 0.6 is 0 Å². The van der Waals surface area contributed by atoms with E-state index in [0.717, 1.165) is 0 Å². The van der Waals surface area contributed by atoms with Crippen molar-refractivity contribution in [1.82, 2.24) is 10.6 Å². The van der Waals surface area contributed by atoms with Crippen molar-refractivity contribution >= 4 is 23.6 Å². The predicted molar refractivity (Wildman–Crippen MR) is 114 cm³/mol. The summed E-state index contributed by atoms with van der Waals surface area (Å²) >= 11 is 0. The lowest BCUT2D eigenvalue weighted by atomic mass is 9.54. The number of benzene rings is 2. The third-order valence-corrected chi connectivity index (χ3v) is 6.36. The summed E-state index contributed by atoms with van der Waals surface area (Å²) in [5.74, 6) is -1.49. The lowest BCUT2D eigenvalue weighted by molar-refractivity contribution is -0.148. The summed E-state index contributed by atoms with van der Waals surface area (Å²) in [7, 11) is 3.09. The smallest absolute Gasteiger partial charge is 0.328 e. The van der Waals surface area contributed by atoms with Crippen molar-refractivity contribution in [2.75, 3.05) is 14.2 Å². The first-order chi connectivity index (χ1) is 15.4. The lowest BCUT2D eigenvalue weighted by Crippen LogP contribution is -2.67. The zero-order chi connectivity index (χ0) is 22.9. The van der Waals surface area contributed by atoms with E-state index in [1.165, 1.54) is 0 Å². The zero-order valence-electron chi connectivity index (χ0n) is 17.6. The van der Waals surface area contributed by atoms with Gasteiger partial charge in [0.2, 0.25) is 11.8 Å². The molecule has 1 saturated carbocycles. The molecule has 9 nitrogen and oxygen atoms in total. The number of rotatable bonds is 4. The van der Waals surface area contributed by atoms with Gasteiger partial charge in [0.05, 0.1) is 19.9 Å². The molecule has 32 heavy (non-hydrogen) atoms. The second kappa shape index (κ2) is 8.33. The number of barbiturate groups is 1. The highest BCUT2D eigenvalue weighted by Gasteiger charge is 2.63. The number of imide groups is 2. The molecule has 0 unspecified atom stereocenters. The van der Waals surface area contributed by atoms with Gasteiger partial charge in [0, 0.05) is 11.8 Å². The van der Waals surface area contributed by atoms with Crippen LogP contribution in [0.2, 0.25) is 0 Å². The number of methoxy groups -OCH3 is 2. The molecular weight excluding hydrogens is 414 g/mol. The molecule has 0 radical (unpaired) electrons. The van der Waals surface area contributed by atoms with Crippen LogP contribution in [-0.2, 0) is 9.59 Å². The Morgan fingerprint density at radius 1 is 0.812 bits per heavy atom. The molecule has 3 N–H and O–H groups in total. The van der Waals surface area contributed by atoms with Crippen LogP contribution in [-0.4, -0.2) is 43.0 Å². The monoisotopic (exact) mass is 437 g/mol. The number of nitrogens with zero attached hydrogens (tertiary/aromatic N) is 1. The lowest BCUT2D eigenvalue weighted by Gasteiger charge is -2.48. The van der Waals surface area contributed by atoms with Crippen LogP contribution in [0, 0.1) is 5.41 Å². The first kappa shape index (κ1) is 21.4. The van der Waals surface area contributed by atoms with Gasteiger partial charge >= 0.3 is 6.03 Å². The van der Waals surface area contributed by atoms with Gasteiger partial charge in [-0.15, -0.1) is 0 Å². The predicted octanol–water partition coefficient (Wildman–Crippen LogP) is 2.55. The van der Waals surface area contributed by atoms with E-state index in [2.05, 4.69) is 15.8 Å².